The van der Waals surface area contributed by atoms with Crippen molar-refractivity contribution in [2.24, 2.45) is 5.73 Å². The second kappa shape index (κ2) is 8.08. The van der Waals surface area contributed by atoms with E-state index < -0.39 is 0 Å². The molecule has 0 bridgehead atoms. The molecule has 0 aromatic heterocycles. The molecule has 3 nitrogen and oxygen atoms in total. The average Bonchev–Trinajstić information content (AvgIpc) is 2.23. The fraction of sp³-hybridized carbons (Fsp3) is 1.00. The topological polar surface area (TPSA) is 58.3 Å². The molecule has 0 saturated heterocycles. The van der Waals surface area contributed by atoms with Crippen LogP contribution in [0.3, 0.4) is 0 Å². The van der Waals surface area contributed by atoms with Gasteiger partial charge in [0.05, 0.1) is 0 Å². The SMILES string of the molecule is NC1CCCC(NCCCCCCO)C1. The maximum absolute atomic E-state index is 8.63. The first-order chi connectivity index (χ1) is 7.33. The highest BCUT2D eigenvalue weighted by Gasteiger charge is 2.17. The minimum Gasteiger partial charge on any atom is -0.396 e. The number of rotatable bonds is 7. The fourth-order valence-corrected chi connectivity index (χ4v) is 2.31. The van der Waals surface area contributed by atoms with E-state index >= 15 is 0 Å². The Morgan fingerprint density at radius 3 is 2.67 bits per heavy atom. The van der Waals surface area contributed by atoms with Crippen LogP contribution in [0.4, 0.5) is 0 Å². The molecule has 15 heavy (non-hydrogen) atoms. The molecule has 1 rings (SSSR count). The van der Waals surface area contributed by atoms with Crippen molar-refractivity contribution >= 4 is 0 Å². The lowest BCUT2D eigenvalue weighted by Crippen LogP contribution is -2.39. The van der Waals surface area contributed by atoms with Gasteiger partial charge in [0.1, 0.15) is 0 Å². The highest BCUT2D eigenvalue weighted by molar-refractivity contribution is 4.79. The van der Waals surface area contributed by atoms with Crippen LogP contribution in [0.2, 0.25) is 0 Å². The number of unbranched alkanes of at least 4 members (excludes halogenated alkanes) is 3. The van der Waals surface area contributed by atoms with Gasteiger partial charge in [-0.25, -0.2) is 0 Å². The monoisotopic (exact) mass is 214 g/mol. The van der Waals surface area contributed by atoms with Crippen LogP contribution in [0.5, 0.6) is 0 Å². The lowest BCUT2D eigenvalue weighted by atomic mass is 9.91. The van der Waals surface area contributed by atoms with E-state index in [2.05, 4.69) is 5.32 Å². The Morgan fingerprint density at radius 1 is 1.13 bits per heavy atom. The van der Waals surface area contributed by atoms with Crippen LogP contribution >= 0.6 is 0 Å². The molecule has 1 saturated carbocycles. The predicted molar refractivity (Wildman–Crippen MR) is 63.8 cm³/mol. The third-order valence-electron chi connectivity index (χ3n) is 3.23. The number of hydrogen-bond donors (Lipinski definition) is 3. The van der Waals surface area contributed by atoms with Gasteiger partial charge in [0.2, 0.25) is 0 Å². The highest BCUT2D eigenvalue weighted by Crippen LogP contribution is 2.16. The molecule has 2 unspecified atom stereocenters. The van der Waals surface area contributed by atoms with Crippen molar-refractivity contribution in [3.63, 3.8) is 0 Å². The summed E-state index contributed by atoms with van der Waals surface area (Å²) in [7, 11) is 0. The standard InChI is InChI=1S/C12H26N2O/c13-11-6-5-7-12(10-11)14-8-3-1-2-4-9-15/h11-12,14-15H,1-10,13H2. The first-order valence-corrected chi connectivity index (χ1v) is 6.42. The van der Waals surface area contributed by atoms with Crippen molar-refractivity contribution in [2.75, 3.05) is 13.2 Å². The molecule has 4 N–H and O–H groups in total. The molecule has 0 amide bonds. The number of aliphatic hydroxyl groups excluding tert-OH is 1. The van der Waals surface area contributed by atoms with Gasteiger partial charge in [0.25, 0.3) is 0 Å². The summed E-state index contributed by atoms with van der Waals surface area (Å²) in [4.78, 5) is 0. The Labute approximate surface area is 93.4 Å². The summed E-state index contributed by atoms with van der Waals surface area (Å²) >= 11 is 0. The average molecular weight is 214 g/mol. The summed E-state index contributed by atoms with van der Waals surface area (Å²) in [5.41, 5.74) is 5.93. The molecule has 0 aromatic rings. The molecule has 0 aliphatic heterocycles. The number of nitrogens with one attached hydrogen (secondary N) is 1. The van der Waals surface area contributed by atoms with Crippen molar-refractivity contribution in [1.82, 2.24) is 5.32 Å². The van der Waals surface area contributed by atoms with Gasteiger partial charge in [-0.1, -0.05) is 19.3 Å². The van der Waals surface area contributed by atoms with Crippen molar-refractivity contribution in [3.8, 4) is 0 Å². The van der Waals surface area contributed by atoms with Crippen molar-refractivity contribution in [2.45, 2.75) is 63.5 Å². The molecule has 0 radical (unpaired) electrons. The zero-order valence-electron chi connectivity index (χ0n) is 9.75. The van der Waals surface area contributed by atoms with E-state index in [0.29, 0.717) is 18.7 Å². The van der Waals surface area contributed by atoms with Gasteiger partial charge >= 0.3 is 0 Å². The van der Waals surface area contributed by atoms with Crippen LogP contribution in [-0.2, 0) is 0 Å². The quantitative estimate of drug-likeness (QED) is 0.561. The van der Waals surface area contributed by atoms with E-state index in [-0.39, 0.29) is 0 Å². The third kappa shape index (κ3) is 6.13. The minimum absolute atomic E-state index is 0.338. The Bertz CT molecular complexity index is 153. The largest absolute Gasteiger partial charge is 0.396 e. The molecule has 90 valence electrons. The molecule has 2 atom stereocenters. The maximum atomic E-state index is 8.63. The molecular weight excluding hydrogens is 188 g/mol. The number of hydrogen-bond acceptors (Lipinski definition) is 3. The van der Waals surface area contributed by atoms with Crippen molar-refractivity contribution in [3.05, 3.63) is 0 Å². The number of nitrogens with two attached hydrogens (primary N) is 1. The molecule has 0 heterocycles. The summed E-state index contributed by atoms with van der Waals surface area (Å²) in [5, 5.41) is 12.2. The first kappa shape index (κ1) is 12.9. The Hall–Kier alpha value is -0.120. The van der Waals surface area contributed by atoms with E-state index in [1.165, 1.54) is 32.1 Å². The lowest BCUT2D eigenvalue weighted by molar-refractivity contribution is 0.281. The van der Waals surface area contributed by atoms with Crippen molar-refractivity contribution in [1.29, 1.82) is 0 Å². The second-order valence-electron chi connectivity index (χ2n) is 4.72. The van der Waals surface area contributed by atoms with Crippen LogP contribution in [-0.4, -0.2) is 30.3 Å². The van der Waals surface area contributed by atoms with Crippen molar-refractivity contribution < 1.29 is 5.11 Å². The molecule has 1 aliphatic carbocycles. The highest BCUT2D eigenvalue weighted by atomic mass is 16.2. The van der Waals surface area contributed by atoms with Crippen LogP contribution < -0.4 is 11.1 Å². The Balaban J connectivity index is 1.90. The van der Waals surface area contributed by atoms with E-state index in [9.17, 15) is 0 Å². The lowest BCUT2D eigenvalue weighted by Gasteiger charge is -2.27. The molecule has 1 fully saturated rings. The van der Waals surface area contributed by atoms with Gasteiger partial charge in [0, 0.05) is 18.7 Å². The molecule has 0 aromatic carbocycles. The van der Waals surface area contributed by atoms with E-state index in [1.54, 1.807) is 0 Å². The normalized spacial score (nSPS) is 26.8. The Morgan fingerprint density at radius 2 is 1.93 bits per heavy atom. The summed E-state index contributed by atoms with van der Waals surface area (Å²) in [5.74, 6) is 0. The zero-order valence-corrected chi connectivity index (χ0v) is 9.75. The first-order valence-electron chi connectivity index (χ1n) is 6.42. The summed E-state index contributed by atoms with van der Waals surface area (Å²) in [6.07, 6.45) is 9.49. The zero-order chi connectivity index (χ0) is 10.9. The maximum Gasteiger partial charge on any atom is 0.0431 e. The molecule has 0 spiro atoms. The minimum atomic E-state index is 0.338. The summed E-state index contributed by atoms with van der Waals surface area (Å²) in [6.45, 7) is 1.45. The van der Waals surface area contributed by atoms with Crippen LogP contribution in [0.1, 0.15) is 51.4 Å². The second-order valence-corrected chi connectivity index (χ2v) is 4.72. The van der Waals surface area contributed by atoms with Gasteiger partial charge in [-0.15, -0.1) is 0 Å². The van der Waals surface area contributed by atoms with E-state index in [0.717, 1.165) is 25.8 Å². The smallest absolute Gasteiger partial charge is 0.0431 e. The molecule has 3 heteroatoms. The molecular formula is C12H26N2O. The van der Waals surface area contributed by atoms with E-state index in [1.807, 2.05) is 0 Å². The van der Waals surface area contributed by atoms with Crippen LogP contribution in [0.25, 0.3) is 0 Å². The van der Waals surface area contributed by atoms with Gasteiger partial charge in [-0.2, -0.15) is 0 Å². The van der Waals surface area contributed by atoms with E-state index in [4.69, 9.17) is 10.8 Å². The number of aliphatic hydroxyl groups is 1. The van der Waals surface area contributed by atoms with Crippen LogP contribution in [0.15, 0.2) is 0 Å². The van der Waals surface area contributed by atoms with Gasteiger partial charge in [-0.05, 0) is 38.6 Å². The summed E-state index contributed by atoms with van der Waals surface area (Å²) in [6, 6.07) is 1.08. The van der Waals surface area contributed by atoms with Gasteiger partial charge in [0.15, 0.2) is 0 Å². The fourth-order valence-electron chi connectivity index (χ4n) is 2.31. The Kier molecular flexibility index (Phi) is 6.98. The predicted octanol–water partition coefficient (Wildman–Crippen LogP) is 1.40. The van der Waals surface area contributed by atoms with Gasteiger partial charge < -0.3 is 16.2 Å². The molecule has 1 aliphatic rings. The van der Waals surface area contributed by atoms with Crippen LogP contribution in [0, 0.1) is 0 Å². The summed E-state index contributed by atoms with van der Waals surface area (Å²) < 4.78 is 0. The van der Waals surface area contributed by atoms with Gasteiger partial charge in [-0.3, -0.25) is 0 Å². The third-order valence-corrected chi connectivity index (χ3v) is 3.23.